The Hall–Kier alpha value is -1.37. The second kappa shape index (κ2) is 8.68. The Morgan fingerprint density at radius 1 is 1.22 bits per heavy atom. The van der Waals surface area contributed by atoms with E-state index in [9.17, 15) is 9.59 Å². The minimum atomic E-state index is -0.856. The van der Waals surface area contributed by atoms with Crippen molar-refractivity contribution in [2.45, 2.75) is 39.5 Å². The number of carbonyl (C=O) groups excluding carboxylic acids is 1. The smallest absolute Gasteiger partial charge is 0.306 e. The quantitative estimate of drug-likeness (QED) is 0.404. The zero-order valence-electron chi connectivity index (χ0n) is 10.7. The summed E-state index contributed by atoms with van der Waals surface area (Å²) in [6.07, 6.45) is 1.87. The predicted octanol–water partition coefficient (Wildman–Crippen LogP) is 0.768. The molecule has 5 N–H and O–H groups in total. The topological polar surface area (TPSA) is 104 Å². The molecule has 0 radical (unpaired) electrons. The van der Waals surface area contributed by atoms with Crippen LogP contribution in [0.15, 0.2) is 0 Å². The molecular weight excluding hydrogens is 254 g/mol. The van der Waals surface area contributed by atoms with Crippen molar-refractivity contribution in [2.75, 3.05) is 0 Å². The maximum Gasteiger partial charge on any atom is 0.306 e. The highest BCUT2D eigenvalue weighted by atomic mass is 32.1. The standard InChI is InChI=1S/C11H21N3O3S/c1-7(2)3-4-8(10(16)17)5-6-9(15)13-14-11(12)18/h7-8H,3-6H2,1-2H3,(H,13,15)(H,16,17)(H3,12,14,18)/t8-/m0/s1. The van der Waals surface area contributed by atoms with Crippen molar-refractivity contribution in [1.29, 1.82) is 0 Å². The van der Waals surface area contributed by atoms with Crippen molar-refractivity contribution in [1.82, 2.24) is 10.9 Å². The summed E-state index contributed by atoms with van der Waals surface area (Å²) in [7, 11) is 0. The van der Waals surface area contributed by atoms with Crippen LogP contribution >= 0.6 is 12.2 Å². The first-order valence-corrected chi connectivity index (χ1v) is 6.30. The van der Waals surface area contributed by atoms with Crippen molar-refractivity contribution in [3.05, 3.63) is 0 Å². The first-order chi connectivity index (χ1) is 8.32. The van der Waals surface area contributed by atoms with Crippen molar-refractivity contribution >= 4 is 29.2 Å². The Bertz CT molecular complexity index is 308. The van der Waals surface area contributed by atoms with E-state index < -0.39 is 11.9 Å². The van der Waals surface area contributed by atoms with Gasteiger partial charge < -0.3 is 10.8 Å². The van der Waals surface area contributed by atoms with E-state index in [-0.39, 0.29) is 17.4 Å². The van der Waals surface area contributed by atoms with Gasteiger partial charge in [0, 0.05) is 6.42 Å². The molecule has 0 saturated heterocycles. The summed E-state index contributed by atoms with van der Waals surface area (Å²) in [5.41, 5.74) is 9.74. The number of amides is 1. The number of carbonyl (C=O) groups is 2. The van der Waals surface area contributed by atoms with Gasteiger partial charge in [-0.25, -0.2) is 0 Å². The van der Waals surface area contributed by atoms with Gasteiger partial charge in [-0.05, 0) is 31.0 Å². The molecule has 0 rings (SSSR count). The van der Waals surface area contributed by atoms with E-state index in [4.69, 9.17) is 10.8 Å². The molecule has 7 heteroatoms. The fourth-order valence-corrected chi connectivity index (χ4v) is 1.48. The molecule has 0 aromatic heterocycles. The van der Waals surface area contributed by atoms with Crippen LogP contribution in [0.5, 0.6) is 0 Å². The average Bonchev–Trinajstić information content (AvgIpc) is 2.25. The molecular formula is C11H21N3O3S. The third kappa shape index (κ3) is 8.74. The zero-order chi connectivity index (χ0) is 14.1. The predicted molar refractivity (Wildman–Crippen MR) is 72.5 cm³/mol. The van der Waals surface area contributed by atoms with Gasteiger partial charge in [0.25, 0.3) is 0 Å². The molecule has 0 aromatic rings. The van der Waals surface area contributed by atoms with E-state index in [0.29, 0.717) is 18.8 Å². The van der Waals surface area contributed by atoms with Crippen molar-refractivity contribution < 1.29 is 14.7 Å². The molecule has 1 atom stereocenters. The Morgan fingerprint density at radius 2 is 1.83 bits per heavy atom. The highest BCUT2D eigenvalue weighted by Crippen LogP contribution is 2.17. The van der Waals surface area contributed by atoms with Gasteiger partial charge in [-0.15, -0.1) is 0 Å². The molecule has 0 aliphatic carbocycles. The van der Waals surface area contributed by atoms with Crippen LogP contribution in [0.25, 0.3) is 0 Å². The molecule has 0 saturated carbocycles. The lowest BCUT2D eigenvalue weighted by Gasteiger charge is -2.13. The normalized spacial score (nSPS) is 11.9. The van der Waals surface area contributed by atoms with E-state index in [1.807, 2.05) is 13.8 Å². The second-order valence-electron chi connectivity index (χ2n) is 4.58. The highest BCUT2D eigenvalue weighted by Gasteiger charge is 2.18. The molecule has 0 bridgehead atoms. The van der Waals surface area contributed by atoms with Crippen LogP contribution in [0.1, 0.15) is 39.5 Å². The number of hydrogen-bond donors (Lipinski definition) is 4. The van der Waals surface area contributed by atoms with Crippen LogP contribution in [0.4, 0.5) is 0 Å². The summed E-state index contributed by atoms with van der Waals surface area (Å²) in [6, 6.07) is 0. The number of nitrogens with one attached hydrogen (secondary N) is 2. The van der Waals surface area contributed by atoms with Gasteiger partial charge >= 0.3 is 5.97 Å². The minimum Gasteiger partial charge on any atom is -0.481 e. The van der Waals surface area contributed by atoms with Crippen molar-refractivity contribution in [2.24, 2.45) is 17.6 Å². The summed E-state index contributed by atoms with van der Waals surface area (Å²) in [6.45, 7) is 4.08. The Balaban J connectivity index is 3.99. The number of rotatable bonds is 7. The summed E-state index contributed by atoms with van der Waals surface area (Å²) in [4.78, 5) is 22.3. The van der Waals surface area contributed by atoms with E-state index in [2.05, 4.69) is 23.1 Å². The maximum absolute atomic E-state index is 11.3. The first kappa shape index (κ1) is 16.6. The molecule has 0 aromatic carbocycles. The molecule has 0 fully saturated rings. The lowest BCUT2D eigenvalue weighted by Crippen LogP contribution is -2.44. The average molecular weight is 275 g/mol. The third-order valence-electron chi connectivity index (χ3n) is 2.49. The zero-order valence-corrected chi connectivity index (χ0v) is 11.5. The molecule has 6 nitrogen and oxygen atoms in total. The molecule has 0 aliphatic heterocycles. The fourth-order valence-electron chi connectivity index (χ4n) is 1.42. The second-order valence-corrected chi connectivity index (χ2v) is 5.02. The lowest BCUT2D eigenvalue weighted by molar-refractivity contribution is -0.142. The molecule has 18 heavy (non-hydrogen) atoms. The molecule has 0 aliphatic rings. The third-order valence-corrected chi connectivity index (χ3v) is 2.59. The number of aliphatic carboxylic acids is 1. The van der Waals surface area contributed by atoms with Crippen LogP contribution in [0.2, 0.25) is 0 Å². The van der Waals surface area contributed by atoms with Crippen molar-refractivity contribution in [3.63, 3.8) is 0 Å². The molecule has 1 amide bonds. The van der Waals surface area contributed by atoms with E-state index in [0.717, 1.165) is 6.42 Å². The number of hydrazine groups is 1. The van der Waals surface area contributed by atoms with Gasteiger partial charge in [0.1, 0.15) is 0 Å². The van der Waals surface area contributed by atoms with Crippen LogP contribution in [0, 0.1) is 11.8 Å². The number of nitrogens with two attached hydrogens (primary N) is 1. The van der Waals surface area contributed by atoms with Gasteiger partial charge in [0.15, 0.2) is 5.11 Å². The SMILES string of the molecule is CC(C)CC[C@@H](CCC(=O)NNC(N)=S)C(=O)O. The van der Waals surface area contributed by atoms with Crippen LogP contribution < -0.4 is 16.6 Å². The van der Waals surface area contributed by atoms with Crippen LogP contribution in [0.3, 0.4) is 0 Å². The van der Waals surface area contributed by atoms with Crippen molar-refractivity contribution in [3.8, 4) is 0 Å². The Kier molecular flexibility index (Phi) is 8.02. The summed E-state index contributed by atoms with van der Waals surface area (Å²) in [5.74, 6) is -1.20. The fraction of sp³-hybridized carbons (Fsp3) is 0.727. The van der Waals surface area contributed by atoms with Crippen LogP contribution in [-0.4, -0.2) is 22.1 Å². The molecule has 0 heterocycles. The summed E-state index contributed by atoms with van der Waals surface area (Å²) < 4.78 is 0. The Morgan fingerprint density at radius 3 is 2.28 bits per heavy atom. The molecule has 104 valence electrons. The van der Waals surface area contributed by atoms with Gasteiger partial charge in [0.05, 0.1) is 5.92 Å². The summed E-state index contributed by atoms with van der Waals surface area (Å²) >= 11 is 4.52. The van der Waals surface area contributed by atoms with E-state index in [1.54, 1.807) is 0 Å². The highest BCUT2D eigenvalue weighted by molar-refractivity contribution is 7.80. The molecule has 0 spiro atoms. The van der Waals surface area contributed by atoms with Crippen LogP contribution in [-0.2, 0) is 9.59 Å². The summed E-state index contributed by atoms with van der Waals surface area (Å²) in [5, 5.41) is 9.00. The molecule has 0 unspecified atom stereocenters. The number of carboxylic acid groups (broad SMARTS) is 1. The van der Waals surface area contributed by atoms with E-state index in [1.165, 1.54) is 0 Å². The number of carboxylic acids is 1. The van der Waals surface area contributed by atoms with Gasteiger partial charge in [0.2, 0.25) is 5.91 Å². The van der Waals surface area contributed by atoms with Gasteiger partial charge in [-0.3, -0.25) is 20.4 Å². The van der Waals surface area contributed by atoms with E-state index >= 15 is 0 Å². The lowest BCUT2D eigenvalue weighted by atomic mass is 9.94. The largest absolute Gasteiger partial charge is 0.481 e. The first-order valence-electron chi connectivity index (χ1n) is 5.90. The van der Waals surface area contributed by atoms with Gasteiger partial charge in [-0.1, -0.05) is 20.3 Å². The Labute approximate surface area is 112 Å². The van der Waals surface area contributed by atoms with Gasteiger partial charge in [-0.2, -0.15) is 0 Å². The minimum absolute atomic E-state index is 0.0297. The monoisotopic (exact) mass is 275 g/mol. The maximum atomic E-state index is 11.3. The number of thiocarbonyl (C=S) groups is 1. The number of hydrogen-bond acceptors (Lipinski definition) is 3.